The third-order valence-electron chi connectivity index (χ3n) is 4.60. The molecule has 1 unspecified atom stereocenters. The second kappa shape index (κ2) is 8.97. The number of hydrogen-bond acceptors (Lipinski definition) is 4. The molecule has 0 aromatic heterocycles. The second-order valence-electron chi connectivity index (χ2n) is 6.94. The van der Waals surface area contributed by atoms with E-state index in [0.29, 0.717) is 6.54 Å². The van der Waals surface area contributed by atoms with Gasteiger partial charge in [0.25, 0.3) is 0 Å². The minimum absolute atomic E-state index is 0.144. The first-order chi connectivity index (χ1) is 11.9. The van der Waals surface area contributed by atoms with Gasteiger partial charge in [-0.15, -0.1) is 0 Å². The predicted octanol–water partition coefficient (Wildman–Crippen LogP) is 1.34. The zero-order valence-electron chi connectivity index (χ0n) is 15.4. The number of carbonyl (C=O) groups excluding carboxylic acids is 2. The number of amides is 2. The summed E-state index contributed by atoms with van der Waals surface area (Å²) in [6, 6.07) is 9.57. The molecule has 25 heavy (non-hydrogen) atoms. The average molecular weight is 347 g/mol. The number of nitrogens with one attached hydrogen (secondary N) is 2. The van der Waals surface area contributed by atoms with E-state index in [1.807, 2.05) is 37.3 Å². The van der Waals surface area contributed by atoms with E-state index in [2.05, 4.69) is 15.5 Å². The molecule has 0 radical (unpaired) electrons. The topological polar surface area (TPSA) is 70.7 Å². The van der Waals surface area contributed by atoms with E-state index < -0.39 is 5.41 Å². The molecule has 2 N–H and O–H groups in total. The van der Waals surface area contributed by atoms with Gasteiger partial charge in [0.05, 0.1) is 19.3 Å². The quantitative estimate of drug-likeness (QED) is 0.730. The Kier molecular flexibility index (Phi) is 6.96. The summed E-state index contributed by atoms with van der Waals surface area (Å²) >= 11 is 0. The summed E-state index contributed by atoms with van der Waals surface area (Å²) in [7, 11) is 0. The van der Waals surface area contributed by atoms with Crippen molar-refractivity contribution in [1.82, 2.24) is 15.5 Å². The highest BCUT2D eigenvalue weighted by atomic mass is 16.5. The fourth-order valence-corrected chi connectivity index (χ4v) is 2.68. The first-order valence-electron chi connectivity index (χ1n) is 8.85. The van der Waals surface area contributed by atoms with E-state index in [4.69, 9.17) is 4.74 Å². The summed E-state index contributed by atoms with van der Waals surface area (Å²) in [5, 5.41) is 5.81. The van der Waals surface area contributed by atoms with E-state index in [1.165, 1.54) is 0 Å². The van der Waals surface area contributed by atoms with E-state index in [-0.39, 0.29) is 17.9 Å². The lowest BCUT2D eigenvalue weighted by molar-refractivity contribution is -0.141. The number of rotatable bonds is 7. The molecular weight excluding hydrogens is 318 g/mol. The van der Waals surface area contributed by atoms with Crippen molar-refractivity contribution in [3.63, 3.8) is 0 Å². The normalized spacial score (nSPS) is 16.9. The number of hydrogen-bond donors (Lipinski definition) is 2. The van der Waals surface area contributed by atoms with Gasteiger partial charge >= 0.3 is 0 Å². The first kappa shape index (κ1) is 19.4. The number of nitrogens with zero attached hydrogens (tertiary/aromatic N) is 1. The Bertz CT molecular complexity index is 569. The fourth-order valence-electron chi connectivity index (χ4n) is 2.68. The molecule has 6 heteroatoms. The smallest absolute Gasteiger partial charge is 0.235 e. The van der Waals surface area contributed by atoms with Crippen LogP contribution in [-0.4, -0.2) is 56.1 Å². The van der Waals surface area contributed by atoms with Crippen molar-refractivity contribution in [2.45, 2.75) is 26.8 Å². The van der Waals surface area contributed by atoms with Crippen LogP contribution in [-0.2, 0) is 14.3 Å². The lowest BCUT2D eigenvalue weighted by Gasteiger charge is -2.28. The van der Waals surface area contributed by atoms with Gasteiger partial charge in [-0.1, -0.05) is 30.3 Å². The maximum Gasteiger partial charge on any atom is 0.235 e. The van der Waals surface area contributed by atoms with Crippen LogP contribution in [0.3, 0.4) is 0 Å². The first-order valence-corrected chi connectivity index (χ1v) is 8.85. The largest absolute Gasteiger partial charge is 0.379 e. The molecule has 0 spiro atoms. The Morgan fingerprint density at radius 3 is 2.44 bits per heavy atom. The molecule has 2 amide bonds. The van der Waals surface area contributed by atoms with Crippen molar-refractivity contribution in [2.24, 2.45) is 5.41 Å². The molecule has 1 aromatic carbocycles. The minimum Gasteiger partial charge on any atom is -0.379 e. The number of morpholine rings is 1. The van der Waals surface area contributed by atoms with Gasteiger partial charge in [0.2, 0.25) is 11.8 Å². The molecular formula is C19H29N3O3. The Morgan fingerprint density at radius 2 is 1.80 bits per heavy atom. The third-order valence-corrected chi connectivity index (χ3v) is 4.60. The van der Waals surface area contributed by atoms with Crippen LogP contribution in [0.25, 0.3) is 0 Å². The van der Waals surface area contributed by atoms with Crippen LogP contribution in [0.15, 0.2) is 30.3 Å². The molecule has 1 aliphatic heterocycles. The summed E-state index contributed by atoms with van der Waals surface area (Å²) < 4.78 is 5.30. The number of ether oxygens (including phenoxy) is 1. The van der Waals surface area contributed by atoms with Crippen LogP contribution < -0.4 is 10.6 Å². The van der Waals surface area contributed by atoms with Gasteiger partial charge < -0.3 is 15.4 Å². The van der Waals surface area contributed by atoms with Crippen molar-refractivity contribution in [1.29, 1.82) is 0 Å². The maximum absolute atomic E-state index is 12.6. The second-order valence-corrected chi connectivity index (χ2v) is 6.94. The van der Waals surface area contributed by atoms with Gasteiger partial charge in [0.1, 0.15) is 5.41 Å². The fraction of sp³-hybridized carbons (Fsp3) is 0.579. The summed E-state index contributed by atoms with van der Waals surface area (Å²) in [4.78, 5) is 27.3. The van der Waals surface area contributed by atoms with Crippen molar-refractivity contribution in [2.75, 3.05) is 39.4 Å². The van der Waals surface area contributed by atoms with E-state index in [9.17, 15) is 9.59 Å². The predicted molar refractivity (Wildman–Crippen MR) is 97.0 cm³/mol. The molecule has 1 fully saturated rings. The van der Waals surface area contributed by atoms with Crippen LogP contribution in [0.2, 0.25) is 0 Å². The molecule has 1 aliphatic rings. The van der Waals surface area contributed by atoms with Crippen molar-refractivity contribution >= 4 is 11.8 Å². The summed E-state index contributed by atoms with van der Waals surface area (Å²) in [6.07, 6.45) is 0. The lowest BCUT2D eigenvalue weighted by Crippen LogP contribution is -2.50. The molecule has 1 heterocycles. The highest BCUT2D eigenvalue weighted by molar-refractivity contribution is 6.04. The zero-order chi connectivity index (χ0) is 18.3. The molecule has 0 saturated carbocycles. The summed E-state index contributed by atoms with van der Waals surface area (Å²) in [5.41, 5.74) is -0.104. The number of benzene rings is 1. The molecule has 2 rings (SSSR count). The zero-order valence-corrected chi connectivity index (χ0v) is 15.4. The molecule has 138 valence electrons. The monoisotopic (exact) mass is 347 g/mol. The maximum atomic E-state index is 12.6. The van der Waals surface area contributed by atoms with Crippen molar-refractivity contribution in [3.8, 4) is 0 Å². The SMILES string of the molecule is CC(NC(=O)C(C)(C)C(=O)NCCN1CCOCC1)c1ccccc1. The highest BCUT2D eigenvalue weighted by Gasteiger charge is 2.36. The molecule has 0 aliphatic carbocycles. The third kappa shape index (κ3) is 5.54. The van der Waals surface area contributed by atoms with E-state index in [0.717, 1.165) is 38.4 Å². The lowest BCUT2D eigenvalue weighted by atomic mass is 9.90. The minimum atomic E-state index is -1.12. The summed E-state index contributed by atoms with van der Waals surface area (Å²) in [5.74, 6) is -0.522. The van der Waals surface area contributed by atoms with Crippen LogP contribution in [0, 0.1) is 5.41 Å². The Balaban J connectivity index is 1.81. The highest BCUT2D eigenvalue weighted by Crippen LogP contribution is 2.19. The van der Waals surface area contributed by atoms with Gasteiger partial charge in [-0.25, -0.2) is 0 Å². The molecule has 6 nitrogen and oxygen atoms in total. The van der Waals surface area contributed by atoms with Crippen LogP contribution in [0.5, 0.6) is 0 Å². The van der Waals surface area contributed by atoms with E-state index in [1.54, 1.807) is 13.8 Å². The van der Waals surface area contributed by atoms with Gasteiger partial charge in [-0.05, 0) is 26.3 Å². The number of carbonyl (C=O) groups is 2. The molecule has 1 saturated heterocycles. The van der Waals surface area contributed by atoms with Gasteiger partial charge in [-0.2, -0.15) is 0 Å². The van der Waals surface area contributed by atoms with E-state index >= 15 is 0 Å². The molecule has 0 bridgehead atoms. The Morgan fingerprint density at radius 1 is 1.16 bits per heavy atom. The van der Waals surface area contributed by atoms with Crippen LogP contribution in [0.1, 0.15) is 32.4 Å². The van der Waals surface area contributed by atoms with Gasteiger partial charge in [-0.3, -0.25) is 14.5 Å². The molecule has 1 aromatic rings. The van der Waals surface area contributed by atoms with Crippen molar-refractivity contribution < 1.29 is 14.3 Å². The van der Waals surface area contributed by atoms with Crippen molar-refractivity contribution in [3.05, 3.63) is 35.9 Å². The average Bonchev–Trinajstić information content (AvgIpc) is 2.63. The van der Waals surface area contributed by atoms with Gasteiger partial charge in [0.15, 0.2) is 0 Å². The van der Waals surface area contributed by atoms with Gasteiger partial charge in [0, 0.05) is 26.2 Å². The summed E-state index contributed by atoms with van der Waals surface area (Å²) in [6.45, 7) is 9.77. The standard InChI is InChI=1S/C19H29N3O3/c1-15(16-7-5-4-6-8-16)21-18(24)19(2,3)17(23)20-9-10-22-11-13-25-14-12-22/h4-8,15H,9-14H2,1-3H3,(H,20,23)(H,21,24). The molecule has 1 atom stereocenters. The van der Waals surface area contributed by atoms with Crippen LogP contribution >= 0.6 is 0 Å². The Labute approximate surface area is 149 Å². The van der Waals surface area contributed by atoms with Crippen LogP contribution in [0.4, 0.5) is 0 Å². The Hall–Kier alpha value is -1.92.